The van der Waals surface area contributed by atoms with Crippen molar-refractivity contribution in [2.45, 2.75) is 25.2 Å². The highest BCUT2D eigenvalue weighted by molar-refractivity contribution is 7.85. The van der Waals surface area contributed by atoms with Gasteiger partial charge >= 0.3 is 0 Å². The molecule has 0 spiro atoms. The van der Waals surface area contributed by atoms with Crippen molar-refractivity contribution in [2.75, 3.05) is 5.43 Å². The summed E-state index contributed by atoms with van der Waals surface area (Å²) in [4.78, 5) is 10.4. The minimum absolute atomic E-state index is 0.00717. The van der Waals surface area contributed by atoms with Gasteiger partial charge in [-0.2, -0.15) is 13.5 Å². The molecule has 20 heavy (non-hydrogen) atoms. The summed E-state index contributed by atoms with van der Waals surface area (Å²) in [5.74, 6) is -0.516. The summed E-state index contributed by atoms with van der Waals surface area (Å²) in [6.07, 6.45) is -0.00717. The Kier molecular flexibility index (Phi) is 5.09. The van der Waals surface area contributed by atoms with Gasteiger partial charge in [-0.1, -0.05) is 11.6 Å². The number of aryl methyl sites for hydroxylation is 1. The van der Waals surface area contributed by atoms with Crippen LogP contribution >= 0.6 is 11.6 Å². The quantitative estimate of drug-likeness (QED) is 0.432. The fourth-order valence-electron chi connectivity index (χ4n) is 1.45. The fraction of sp³-hybridized carbons (Fsp3) is 0.273. The lowest BCUT2D eigenvalue weighted by Crippen LogP contribution is -2.15. The normalized spacial score (nSPS) is 12.3. The van der Waals surface area contributed by atoms with Crippen LogP contribution in [0, 0.1) is 6.92 Å². The van der Waals surface area contributed by atoms with Crippen molar-refractivity contribution in [2.24, 2.45) is 10.8 Å². The maximum Gasteiger partial charge on any atom is 0.294 e. The van der Waals surface area contributed by atoms with Gasteiger partial charge in [-0.05, 0) is 31.5 Å². The Morgan fingerprint density at radius 3 is 2.55 bits per heavy atom. The first-order valence-corrected chi connectivity index (χ1v) is 7.28. The van der Waals surface area contributed by atoms with E-state index in [-0.39, 0.29) is 16.3 Å². The number of benzene rings is 1. The van der Waals surface area contributed by atoms with E-state index < -0.39 is 16.0 Å². The van der Waals surface area contributed by atoms with E-state index in [0.29, 0.717) is 17.0 Å². The summed E-state index contributed by atoms with van der Waals surface area (Å²) in [7, 11) is -4.32. The van der Waals surface area contributed by atoms with Crippen LogP contribution in [-0.4, -0.2) is 24.6 Å². The van der Waals surface area contributed by atoms with Crippen LogP contribution in [0.5, 0.6) is 0 Å². The van der Waals surface area contributed by atoms with Gasteiger partial charge in [0.25, 0.3) is 10.1 Å². The van der Waals surface area contributed by atoms with Crippen LogP contribution in [-0.2, 0) is 14.9 Å². The maximum atomic E-state index is 11.0. The van der Waals surface area contributed by atoms with Crippen LogP contribution in [0.3, 0.4) is 0 Å². The summed E-state index contributed by atoms with van der Waals surface area (Å²) < 4.78 is 31.0. The monoisotopic (exact) mass is 319 g/mol. The number of rotatable bonds is 5. The second-order valence-electron chi connectivity index (χ2n) is 4.17. The lowest BCUT2D eigenvalue weighted by Gasteiger charge is -2.10. The molecule has 0 aromatic heterocycles. The van der Waals surface area contributed by atoms with Gasteiger partial charge in [-0.3, -0.25) is 14.8 Å². The molecule has 0 atom stereocenters. The third kappa shape index (κ3) is 4.48. The molecule has 0 heterocycles. The Bertz CT molecular complexity index is 647. The van der Waals surface area contributed by atoms with Crippen LogP contribution in [0.2, 0.25) is 5.02 Å². The van der Waals surface area contributed by atoms with E-state index in [9.17, 15) is 13.2 Å². The van der Waals surface area contributed by atoms with E-state index in [2.05, 4.69) is 10.5 Å². The van der Waals surface area contributed by atoms with Crippen LogP contribution in [0.1, 0.15) is 18.9 Å². The van der Waals surface area contributed by atoms with Crippen LogP contribution in [0.4, 0.5) is 5.69 Å². The Hall–Kier alpha value is -1.64. The lowest BCUT2D eigenvalue weighted by molar-refractivity contribution is -0.116. The summed E-state index contributed by atoms with van der Waals surface area (Å²) in [5.41, 5.74) is 8.96. The predicted octanol–water partition coefficient (Wildman–Crippen LogP) is 1.56. The van der Waals surface area contributed by atoms with Crippen molar-refractivity contribution < 1.29 is 17.8 Å². The molecule has 9 heteroatoms. The van der Waals surface area contributed by atoms with Gasteiger partial charge in [-0.15, -0.1) is 0 Å². The Morgan fingerprint density at radius 2 is 2.10 bits per heavy atom. The number of carbonyl (C=O) groups is 1. The van der Waals surface area contributed by atoms with Crippen molar-refractivity contribution in [1.29, 1.82) is 0 Å². The number of carbonyl (C=O) groups excluding carboxylic acids is 1. The molecule has 0 aliphatic heterocycles. The third-order valence-corrected chi connectivity index (χ3v) is 3.48. The van der Waals surface area contributed by atoms with E-state index in [1.807, 2.05) is 0 Å². The zero-order valence-electron chi connectivity index (χ0n) is 10.8. The molecule has 0 radical (unpaired) electrons. The number of nitrogens with one attached hydrogen (secondary N) is 1. The molecule has 110 valence electrons. The lowest BCUT2D eigenvalue weighted by atomic mass is 10.2. The molecule has 1 rings (SSSR count). The highest BCUT2D eigenvalue weighted by atomic mass is 35.5. The van der Waals surface area contributed by atoms with Gasteiger partial charge in [0, 0.05) is 5.71 Å². The minimum Gasteiger partial charge on any atom is -0.369 e. The number of hydrazone groups is 1. The van der Waals surface area contributed by atoms with Crippen LogP contribution in [0.15, 0.2) is 22.1 Å². The highest BCUT2D eigenvalue weighted by Crippen LogP contribution is 2.29. The van der Waals surface area contributed by atoms with Crippen molar-refractivity contribution in [3.63, 3.8) is 0 Å². The van der Waals surface area contributed by atoms with Crippen LogP contribution in [0.25, 0.3) is 0 Å². The molecular formula is C11H14ClN3O4S. The molecule has 7 nitrogen and oxygen atoms in total. The largest absolute Gasteiger partial charge is 0.369 e. The first-order valence-electron chi connectivity index (χ1n) is 5.46. The van der Waals surface area contributed by atoms with Crippen molar-refractivity contribution >= 4 is 39.0 Å². The summed E-state index contributed by atoms with van der Waals surface area (Å²) in [6.45, 7) is 3.20. The Morgan fingerprint density at radius 1 is 1.50 bits per heavy atom. The average Bonchev–Trinajstić information content (AvgIpc) is 2.25. The number of nitrogens with two attached hydrogens (primary N) is 1. The smallest absolute Gasteiger partial charge is 0.294 e. The first kappa shape index (κ1) is 16.4. The Balaban J connectivity index is 3.07. The van der Waals surface area contributed by atoms with E-state index in [1.165, 1.54) is 6.07 Å². The second kappa shape index (κ2) is 6.21. The molecule has 0 bridgehead atoms. The molecule has 4 N–H and O–H groups in total. The van der Waals surface area contributed by atoms with Crippen molar-refractivity contribution in [3.8, 4) is 0 Å². The first-order chi connectivity index (χ1) is 9.11. The summed E-state index contributed by atoms with van der Waals surface area (Å²) in [6, 6.07) is 2.35. The van der Waals surface area contributed by atoms with Gasteiger partial charge in [0.05, 0.1) is 22.0 Å². The molecule has 1 aromatic carbocycles. The topological polar surface area (TPSA) is 122 Å². The summed E-state index contributed by atoms with van der Waals surface area (Å²) in [5, 5.41) is 3.99. The van der Waals surface area contributed by atoms with Gasteiger partial charge in [0.1, 0.15) is 0 Å². The number of nitrogens with zero attached hydrogens (tertiary/aromatic N) is 1. The van der Waals surface area contributed by atoms with Gasteiger partial charge in [-0.25, -0.2) is 0 Å². The Labute approximate surface area is 121 Å². The highest BCUT2D eigenvalue weighted by Gasteiger charge is 2.14. The molecule has 0 saturated carbocycles. The SMILES string of the molecule is C/C(CC(N)=O)=N\Nc1c(C)cc(S(=O)(=O)O)cc1Cl. The number of amides is 1. The number of primary amides is 1. The zero-order valence-corrected chi connectivity index (χ0v) is 12.4. The van der Waals surface area contributed by atoms with Gasteiger partial charge in [0.2, 0.25) is 5.91 Å². The third-order valence-electron chi connectivity index (χ3n) is 2.35. The van der Waals surface area contributed by atoms with Crippen molar-refractivity contribution in [3.05, 3.63) is 22.7 Å². The zero-order chi connectivity index (χ0) is 15.5. The molecule has 0 aliphatic carbocycles. The molecule has 0 saturated heterocycles. The van der Waals surface area contributed by atoms with E-state index in [4.69, 9.17) is 21.9 Å². The van der Waals surface area contributed by atoms with Crippen LogP contribution < -0.4 is 11.2 Å². The number of hydrogen-bond donors (Lipinski definition) is 3. The van der Waals surface area contributed by atoms with E-state index in [0.717, 1.165) is 6.07 Å². The standard InChI is InChI=1S/C11H14ClN3O4S/c1-6-3-8(20(17,18)19)5-9(12)11(6)15-14-7(2)4-10(13)16/h3,5,15H,4H2,1-2H3,(H2,13,16)(H,17,18,19)/b14-7+. The molecule has 0 aliphatic rings. The molecule has 1 amide bonds. The van der Waals surface area contributed by atoms with Crippen molar-refractivity contribution in [1.82, 2.24) is 0 Å². The van der Waals surface area contributed by atoms with Gasteiger partial charge < -0.3 is 5.73 Å². The van der Waals surface area contributed by atoms with Gasteiger partial charge in [0.15, 0.2) is 0 Å². The minimum atomic E-state index is -4.32. The molecule has 0 unspecified atom stereocenters. The predicted molar refractivity (Wildman–Crippen MR) is 76.5 cm³/mol. The van der Waals surface area contributed by atoms with E-state index in [1.54, 1.807) is 13.8 Å². The molecule has 0 fully saturated rings. The number of hydrogen-bond acceptors (Lipinski definition) is 5. The number of anilines is 1. The van der Waals surface area contributed by atoms with E-state index >= 15 is 0 Å². The average molecular weight is 320 g/mol. The number of halogens is 1. The molecular weight excluding hydrogens is 306 g/mol. The second-order valence-corrected chi connectivity index (χ2v) is 6.00. The maximum absolute atomic E-state index is 11.0. The fourth-order valence-corrected chi connectivity index (χ4v) is 2.41. The molecule has 1 aromatic rings. The summed E-state index contributed by atoms with van der Waals surface area (Å²) >= 11 is 5.93.